The second-order valence-corrected chi connectivity index (χ2v) is 6.58. The molecule has 3 aromatic heterocycles. The number of aromatic nitrogens is 6. The van der Waals surface area contributed by atoms with Gasteiger partial charge in [0.2, 0.25) is 0 Å². The zero-order chi connectivity index (χ0) is 18.8. The van der Waals surface area contributed by atoms with Crippen LogP contribution in [0.2, 0.25) is 0 Å². The van der Waals surface area contributed by atoms with Gasteiger partial charge in [-0.1, -0.05) is 18.2 Å². The van der Waals surface area contributed by atoms with Crippen LogP contribution in [0, 0.1) is 6.92 Å². The minimum absolute atomic E-state index is 0.436. The number of aliphatic hydroxyl groups excluding tert-OH is 1. The molecular formula is C20H20N6O. The molecule has 0 radical (unpaired) electrons. The van der Waals surface area contributed by atoms with Gasteiger partial charge >= 0.3 is 0 Å². The summed E-state index contributed by atoms with van der Waals surface area (Å²) in [5, 5.41) is 18.4. The lowest BCUT2D eigenvalue weighted by Crippen LogP contribution is -2.11. The lowest BCUT2D eigenvalue weighted by Gasteiger charge is -2.06. The maximum atomic E-state index is 9.52. The molecule has 0 fully saturated rings. The van der Waals surface area contributed by atoms with Gasteiger partial charge in [-0.2, -0.15) is 10.2 Å². The predicted molar refractivity (Wildman–Crippen MR) is 102 cm³/mol. The van der Waals surface area contributed by atoms with Gasteiger partial charge in [0, 0.05) is 29.6 Å². The molecule has 0 aliphatic carbocycles. The Bertz CT molecular complexity index is 1070. The third kappa shape index (κ3) is 3.78. The Kier molecular flexibility index (Phi) is 4.52. The number of hydrogen-bond donors (Lipinski definition) is 1. The first kappa shape index (κ1) is 17.1. The Morgan fingerprint density at radius 3 is 2.63 bits per heavy atom. The van der Waals surface area contributed by atoms with Crippen LogP contribution >= 0.6 is 0 Å². The monoisotopic (exact) mass is 360 g/mol. The molecule has 3 heterocycles. The minimum atomic E-state index is -0.436. The standard InChI is InChI=1S/C20H20N6O/c1-14-10-23-26(11-14)20-9-19(21-13-22-20)17-5-3-4-16(8-17)18-6-7-25(24-18)12-15(2)27/h3-11,13,15,27H,12H2,1-2H3. The largest absolute Gasteiger partial charge is 0.391 e. The molecule has 0 aliphatic heterocycles. The number of hydrogen-bond acceptors (Lipinski definition) is 5. The maximum absolute atomic E-state index is 9.52. The number of aliphatic hydroxyl groups is 1. The smallest absolute Gasteiger partial charge is 0.157 e. The molecule has 1 aromatic carbocycles. The molecule has 0 saturated heterocycles. The summed E-state index contributed by atoms with van der Waals surface area (Å²) in [6.07, 6.45) is 6.71. The molecule has 0 spiro atoms. The van der Waals surface area contributed by atoms with Crippen molar-refractivity contribution in [2.45, 2.75) is 26.5 Å². The molecule has 4 rings (SSSR count). The van der Waals surface area contributed by atoms with Crippen molar-refractivity contribution in [2.75, 3.05) is 0 Å². The quantitative estimate of drug-likeness (QED) is 0.592. The van der Waals surface area contributed by atoms with Gasteiger partial charge in [0.15, 0.2) is 5.82 Å². The molecule has 1 unspecified atom stereocenters. The van der Waals surface area contributed by atoms with Gasteiger partial charge in [0.05, 0.1) is 30.2 Å². The highest BCUT2D eigenvalue weighted by Gasteiger charge is 2.08. The first-order chi connectivity index (χ1) is 13.1. The predicted octanol–water partition coefficient (Wildman–Crippen LogP) is 2.88. The van der Waals surface area contributed by atoms with Crippen LogP contribution in [-0.4, -0.2) is 40.7 Å². The summed E-state index contributed by atoms with van der Waals surface area (Å²) < 4.78 is 3.48. The van der Waals surface area contributed by atoms with Crippen molar-refractivity contribution in [3.05, 3.63) is 66.9 Å². The number of aryl methyl sites for hydroxylation is 1. The summed E-state index contributed by atoms with van der Waals surface area (Å²) in [6.45, 7) is 4.21. The fourth-order valence-electron chi connectivity index (χ4n) is 2.89. The van der Waals surface area contributed by atoms with E-state index in [1.54, 1.807) is 28.8 Å². The van der Waals surface area contributed by atoms with Crippen LogP contribution < -0.4 is 0 Å². The molecule has 7 nitrogen and oxygen atoms in total. The van der Waals surface area contributed by atoms with Gasteiger partial charge in [0.1, 0.15) is 6.33 Å². The highest BCUT2D eigenvalue weighted by atomic mass is 16.3. The highest BCUT2D eigenvalue weighted by molar-refractivity contribution is 5.69. The Hall–Kier alpha value is -3.32. The van der Waals surface area contributed by atoms with E-state index in [0.29, 0.717) is 6.54 Å². The van der Waals surface area contributed by atoms with E-state index in [1.807, 2.05) is 49.6 Å². The zero-order valence-electron chi connectivity index (χ0n) is 15.2. The van der Waals surface area contributed by atoms with E-state index in [4.69, 9.17) is 0 Å². The van der Waals surface area contributed by atoms with Gasteiger partial charge in [-0.3, -0.25) is 4.68 Å². The number of rotatable bonds is 5. The van der Waals surface area contributed by atoms with Crippen molar-refractivity contribution in [2.24, 2.45) is 0 Å². The second kappa shape index (κ2) is 7.13. The van der Waals surface area contributed by atoms with Crippen LogP contribution in [0.25, 0.3) is 28.3 Å². The molecule has 4 aromatic rings. The van der Waals surface area contributed by atoms with Crippen LogP contribution in [-0.2, 0) is 6.54 Å². The van der Waals surface area contributed by atoms with E-state index in [9.17, 15) is 5.11 Å². The Labute approximate surface area is 157 Å². The molecule has 1 atom stereocenters. The zero-order valence-corrected chi connectivity index (χ0v) is 15.2. The molecule has 0 amide bonds. The summed E-state index contributed by atoms with van der Waals surface area (Å²) in [4.78, 5) is 8.72. The SMILES string of the molecule is Cc1cnn(-c2cc(-c3cccc(-c4ccn(CC(C)O)n4)c3)ncn2)c1. The van der Waals surface area contributed by atoms with Crippen molar-refractivity contribution in [1.29, 1.82) is 0 Å². The fourth-order valence-corrected chi connectivity index (χ4v) is 2.89. The van der Waals surface area contributed by atoms with E-state index in [0.717, 1.165) is 33.9 Å². The van der Waals surface area contributed by atoms with Gasteiger partial charge in [-0.05, 0) is 31.5 Å². The minimum Gasteiger partial charge on any atom is -0.391 e. The lowest BCUT2D eigenvalue weighted by molar-refractivity contribution is 0.168. The third-order valence-corrected chi connectivity index (χ3v) is 4.15. The number of benzene rings is 1. The summed E-state index contributed by atoms with van der Waals surface area (Å²) in [6, 6.07) is 11.9. The molecule has 136 valence electrons. The Balaban J connectivity index is 1.66. The summed E-state index contributed by atoms with van der Waals surface area (Å²) in [5.74, 6) is 0.722. The molecule has 0 aliphatic rings. The summed E-state index contributed by atoms with van der Waals surface area (Å²) in [7, 11) is 0. The highest BCUT2D eigenvalue weighted by Crippen LogP contribution is 2.25. The van der Waals surface area contributed by atoms with E-state index >= 15 is 0 Å². The molecular weight excluding hydrogens is 340 g/mol. The van der Waals surface area contributed by atoms with Gasteiger partial charge < -0.3 is 5.11 Å². The normalized spacial score (nSPS) is 12.3. The number of nitrogens with zero attached hydrogens (tertiary/aromatic N) is 6. The Morgan fingerprint density at radius 2 is 1.89 bits per heavy atom. The van der Waals surface area contributed by atoms with Crippen molar-refractivity contribution in [3.8, 4) is 28.3 Å². The molecule has 0 saturated carbocycles. The maximum Gasteiger partial charge on any atom is 0.157 e. The van der Waals surface area contributed by atoms with Crippen LogP contribution in [0.3, 0.4) is 0 Å². The fraction of sp³-hybridized carbons (Fsp3) is 0.200. The Morgan fingerprint density at radius 1 is 1.07 bits per heavy atom. The third-order valence-electron chi connectivity index (χ3n) is 4.15. The van der Waals surface area contributed by atoms with Crippen molar-refractivity contribution >= 4 is 0 Å². The second-order valence-electron chi connectivity index (χ2n) is 6.58. The lowest BCUT2D eigenvalue weighted by atomic mass is 10.1. The molecule has 0 bridgehead atoms. The average molecular weight is 360 g/mol. The van der Waals surface area contributed by atoms with E-state index in [2.05, 4.69) is 26.2 Å². The van der Waals surface area contributed by atoms with Gasteiger partial charge in [0.25, 0.3) is 0 Å². The topological polar surface area (TPSA) is 81.7 Å². The van der Waals surface area contributed by atoms with E-state index in [-0.39, 0.29) is 0 Å². The summed E-state index contributed by atoms with van der Waals surface area (Å²) in [5.41, 5.74) is 4.72. The van der Waals surface area contributed by atoms with Crippen LogP contribution in [0.1, 0.15) is 12.5 Å². The van der Waals surface area contributed by atoms with Crippen LogP contribution in [0.5, 0.6) is 0 Å². The first-order valence-corrected chi connectivity index (χ1v) is 8.74. The van der Waals surface area contributed by atoms with Crippen LogP contribution in [0.4, 0.5) is 0 Å². The van der Waals surface area contributed by atoms with E-state index < -0.39 is 6.10 Å². The molecule has 1 N–H and O–H groups in total. The van der Waals surface area contributed by atoms with Gasteiger partial charge in [-0.15, -0.1) is 0 Å². The van der Waals surface area contributed by atoms with E-state index in [1.165, 1.54) is 0 Å². The molecule has 7 heteroatoms. The van der Waals surface area contributed by atoms with Crippen molar-refractivity contribution < 1.29 is 5.11 Å². The van der Waals surface area contributed by atoms with Crippen LogP contribution in [0.15, 0.2) is 61.3 Å². The molecule has 27 heavy (non-hydrogen) atoms. The van der Waals surface area contributed by atoms with Gasteiger partial charge in [-0.25, -0.2) is 14.6 Å². The summed E-state index contributed by atoms with van der Waals surface area (Å²) >= 11 is 0. The first-order valence-electron chi connectivity index (χ1n) is 8.74. The average Bonchev–Trinajstić information content (AvgIpc) is 3.31. The van der Waals surface area contributed by atoms with Crippen molar-refractivity contribution in [3.63, 3.8) is 0 Å². The van der Waals surface area contributed by atoms with Crippen molar-refractivity contribution in [1.82, 2.24) is 29.5 Å².